The van der Waals surface area contributed by atoms with Crippen LogP contribution in [-0.4, -0.2) is 37.1 Å². The predicted molar refractivity (Wildman–Crippen MR) is 99.0 cm³/mol. The van der Waals surface area contributed by atoms with Gasteiger partial charge in [0.15, 0.2) is 0 Å². The van der Waals surface area contributed by atoms with Crippen LogP contribution in [0.25, 0.3) is 0 Å². The minimum Gasteiger partial charge on any atom is -0.320 e. The van der Waals surface area contributed by atoms with E-state index in [0.717, 1.165) is 12.3 Å². The Morgan fingerprint density at radius 2 is 1.91 bits per heavy atom. The molecule has 2 heterocycles. The first kappa shape index (κ1) is 24.1. The summed E-state index contributed by atoms with van der Waals surface area (Å²) in [7, 11) is -1.57. The number of hydrogen-bond acceptors (Lipinski definition) is 4. The van der Waals surface area contributed by atoms with Gasteiger partial charge in [0.25, 0.3) is 11.8 Å². The van der Waals surface area contributed by atoms with Gasteiger partial charge in [0, 0.05) is 44.5 Å². The number of carbonyl (C=O) groups excluding carboxylic acids is 1. The molecule has 1 saturated carbocycles. The molecular weight excluding hydrogens is 469 g/mol. The average Bonchev–Trinajstić information content (AvgIpc) is 3.00. The molecule has 0 saturated heterocycles. The standard InChI is InChI=1S/C18H17F7N4O2S/c1-16(19,20)14-12(18(23,24)25)13(29(28-14)8-9-6-17(21,22)7-9)15(30)27-10-3-4-26-11(5-10)32(2)31/h3-5,9H,6-8H2,1-2H3,(H,26,27,30). The Bertz CT molecular complexity index is 1050. The number of rotatable bonds is 6. The quantitative estimate of drug-likeness (QED) is 0.613. The van der Waals surface area contributed by atoms with Crippen LogP contribution in [0.2, 0.25) is 0 Å². The lowest BCUT2D eigenvalue weighted by atomic mass is 9.81. The fraction of sp³-hybridized carbons (Fsp3) is 0.500. The maximum atomic E-state index is 14.0. The molecule has 1 N–H and O–H groups in total. The van der Waals surface area contributed by atoms with E-state index >= 15 is 0 Å². The van der Waals surface area contributed by atoms with Crippen LogP contribution in [0.4, 0.5) is 36.4 Å². The van der Waals surface area contributed by atoms with Crippen molar-refractivity contribution in [3.05, 3.63) is 35.3 Å². The van der Waals surface area contributed by atoms with Gasteiger partial charge in [-0.2, -0.15) is 27.1 Å². The number of nitrogens with zero attached hydrogens (tertiary/aromatic N) is 3. The maximum absolute atomic E-state index is 14.0. The second-order valence-electron chi connectivity index (χ2n) is 7.56. The van der Waals surface area contributed by atoms with Gasteiger partial charge in [0.1, 0.15) is 22.0 Å². The summed E-state index contributed by atoms with van der Waals surface area (Å²) < 4.78 is 107. The second-order valence-corrected chi connectivity index (χ2v) is 8.89. The van der Waals surface area contributed by atoms with Crippen molar-refractivity contribution < 1.29 is 39.7 Å². The van der Waals surface area contributed by atoms with Crippen LogP contribution in [0.3, 0.4) is 0 Å². The number of alkyl halides is 7. The van der Waals surface area contributed by atoms with Crippen LogP contribution in [0.15, 0.2) is 23.4 Å². The number of aromatic nitrogens is 3. The molecule has 6 nitrogen and oxygen atoms in total. The van der Waals surface area contributed by atoms with Crippen LogP contribution >= 0.6 is 0 Å². The van der Waals surface area contributed by atoms with E-state index in [1.54, 1.807) is 0 Å². The maximum Gasteiger partial charge on any atom is 0.420 e. The van der Waals surface area contributed by atoms with Crippen molar-refractivity contribution in [2.75, 3.05) is 11.6 Å². The van der Waals surface area contributed by atoms with Gasteiger partial charge < -0.3 is 5.32 Å². The molecule has 0 aromatic carbocycles. The third kappa shape index (κ3) is 5.10. The molecule has 3 rings (SSSR count). The first-order valence-corrected chi connectivity index (χ1v) is 10.7. The molecule has 0 radical (unpaired) electrons. The van der Waals surface area contributed by atoms with E-state index in [1.807, 2.05) is 0 Å². The van der Waals surface area contributed by atoms with Gasteiger partial charge in [-0.3, -0.25) is 13.7 Å². The molecule has 1 aliphatic carbocycles. The zero-order valence-corrected chi connectivity index (χ0v) is 17.5. The summed E-state index contributed by atoms with van der Waals surface area (Å²) in [6, 6.07) is 2.34. The highest BCUT2D eigenvalue weighted by Crippen LogP contribution is 2.45. The van der Waals surface area contributed by atoms with Crippen LogP contribution in [-0.2, 0) is 29.4 Å². The molecule has 32 heavy (non-hydrogen) atoms. The van der Waals surface area contributed by atoms with Crippen molar-refractivity contribution in [1.82, 2.24) is 14.8 Å². The Balaban J connectivity index is 2.06. The van der Waals surface area contributed by atoms with Crippen LogP contribution in [0.1, 0.15) is 41.5 Å². The summed E-state index contributed by atoms with van der Waals surface area (Å²) in [4.78, 5) is 16.6. The number of amides is 1. The zero-order valence-electron chi connectivity index (χ0n) is 16.6. The van der Waals surface area contributed by atoms with Crippen molar-refractivity contribution in [2.45, 2.75) is 49.4 Å². The molecule has 14 heteroatoms. The lowest BCUT2D eigenvalue weighted by Gasteiger charge is -2.35. The number of halogens is 7. The van der Waals surface area contributed by atoms with E-state index in [1.165, 1.54) is 12.3 Å². The summed E-state index contributed by atoms with van der Waals surface area (Å²) in [5.74, 6) is -9.33. The van der Waals surface area contributed by atoms with Crippen LogP contribution in [0.5, 0.6) is 0 Å². The van der Waals surface area contributed by atoms with Gasteiger partial charge in [-0.1, -0.05) is 0 Å². The molecule has 0 aliphatic heterocycles. The van der Waals surface area contributed by atoms with E-state index in [9.17, 15) is 39.7 Å². The monoisotopic (exact) mass is 486 g/mol. The van der Waals surface area contributed by atoms with Gasteiger partial charge in [-0.15, -0.1) is 0 Å². The molecule has 0 spiro atoms. The molecular formula is C18H17F7N4O2S. The summed E-state index contributed by atoms with van der Waals surface area (Å²) >= 11 is 0. The van der Waals surface area contributed by atoms with Crippen LogP contribution < -0.4 is 5.32 Å². The van der Waals surface area contributed by atoms with Crippen molar-refractivity contribution in [3.8, 4) is 0 Å². The van der Waals surface area contributed by atoms with Gasteiger partial charge in [-0.25, -0.2) is 13.8 Å². The van der Waals surface area contributed by atoms with Gasteiger partial charge in [0.2, 0.25) is 5.92 Å². The van der Waals surface area contributed by atoms with Crippen molar-refractivity contribution in [1.29, 1.82) is 0 Å². The van der Waals surface area contributed by atoms with Crippen molar-refractivity contribution in [3.63, 3.8) is 0 Å². The molecule has 1 amide bonds. The Hall–Kier alpha value is -2.51. The largest absolute Gasteiger partial charge is 0.420 e. The van der Waals surface area contributed by atoms with Crippen molar-refractivity contribution >= 4 is 22.4 Å². The van der Waals surface area contributed by atoms with Gasteiger partial charge in [0.05, 0.1) is 10.8 Å². The topological polar surface area (TPSA) is 76.9 Å². The lowest BCUT2D eigenvalue weighted by molar-refractivity contribution is -0.142. The molecule has 2 aromatic rings. The van der Waals surface area contributed by atoms with E-state index in [4.69, 9.17) is 0 Å². The van der Waals surface area contributed by atoms with Crippen molar-refractivity contribution in [2.24, 2.45) is 5.92 Å². The highest BCUT2D eigenvalue weighted by Gasteiger charge is 2.50. The Labute approximate surface area is 179 Å². The summed E-state index contributed by atoms with van der Waals surface area (Å²) in [5, 5.41) is 5.45. The molecule has 2 aromatic heterocycles. The van der Waals surface area contributed by atoms with Gasteiger partial charge in [-0.05, 0) is 18.1 Å². The summed E-state index contributed by atoms with van der Waals surface area (Å²) in [5.41, 5.74) is -4.93. The third-order valence-corrected chi connectivity index (χ3v) is 5.57. The highest BCUT2D eigenvalue weighted by atomic mass is 32.2. The molecule has 1 aliphatic rings. The van der Waals surface area contributed by atoms with E-state index in [2.05, 4.69) is 15.4 Å². The first-order chi connectivity index (χ1) is 14.6. The van der Waals surface area contributed by atoms with E-state index < -0.39 is 77.0 Å². The Kier molecular flexibility index (Phi) is 6.13. The highest BCUT2D eigenvalue weighted by molar-refractivity contribution is 7.84. The fourth-order valence-corrected chi connectivity index (χ4v) is 3.90. The summed E-state index contributed by atoms with van der Waals surface area (Å²) in [6.07, 6.45) is -4.27. The number of carbonyl (C=O) groups is 1. The normalized spacial score (nSPS) is 17.7. The van der Waals surface area contributed by atoms with E-state index in [-0.39, 0.29) is 17.6 Å². The minimum absolute atomic E-state index is 0.0184. The molecule has 1 unspecified atom stereocenters. The molecule has 1 fully saturated rings. The third-order valence-electron chi connectivity index (χ3n) is 4.76. The van der Waals surface area contributed by atoms with E-state index in [0.29, 0.717) is 4.68 Å². The fourth-order valence-electron chi connectivity index (χ4n) is 3.39. The van der Waals surface area contributed by atoms with Crippen LogP contribution in [0, 0.1) is 5.92 Å². The SMILES string of the molecule is CS(=O)c1cc(NC(=O)c2c(C(F)(F)F)c(C(C)(F)F)nn2CC2CC(F)(F)C2)ccn1. The Morgan fingerprint density at radius 1 is 1.28 bits per heavy atom. The smallest absolute Gasteiger partial charge is 0.320 e. The lowest BCUT2D eigenvalue weighted by Crippen LogP contribution is -2.38. The van der Waals surface area contributed by atoms with Gasteiger partial charge >= 0.3 is 6.18 Å². The zero-order chi connectivity index (χ0) is 24.1. The second kappa shape index (κ2) is 8.12. The molecule has 176 valence electrons. The molecule has 1 atom stereocenters. The first-order valence-electron chi connectivity index (χ1n) is 9.13. The number of anilines is 1. The number of pyridine rings is 1. The summed E-state index contributed by atoms with van der Waals surface area (Å²) in [6.45, 7) is -0.377. The average molecular weight is 486 g/mol. The minimum atomic E-state index is -5.38. The predicted octanol–water partition coefficient (Wildman–Crippen LogP) is 4.44. The molecule has 0 bridgehead atoms. The number of nitrogens with one attached hydrogen (secondary N) is 1. The number of hydrogen-bond donors (Lipinski definition) is 1. The Morgan fingerprint density at radius 3 is 2.41 bits per heavy atom.